The molecule has 1 aromatic rings. The second kappa shape index (κ2) is 7.66. The lowest BCUT2D eigenvalue weighted by Crippen LogP contribution is -2.39. The van der Waals surface area contributed by atoms with E-state index in [0.29, 0.717) is 12.0 Å². The van der Waals surface area contributed by atoms with Gasteiger partial charge in [0.2, 0.25) is 5.91 Å². The van der Waals surface area contributed by atoms with Gasteiger partial charge in [0.25, 0.3) is 0 Å². The number of methoxy groups -OCH3 is 1. The van der Waals surface area contributed by atoms with Crippen molar-refractivity contribution in [1.82, 2.24) is 5.32 Å². The van der Waals surface area contributed by atoms with Gasteiger partial charge < -0.3 is 15.4 Å². The third kappa shape index (κ3) is 3.76. The molecule has 1 saturated heterocycles. The fourth-order valence-corrected chi connectivity index (χ4v) is 3.90. The molecule has 1 amide bonds. The number of carbonyl (C=O) groups is 1. The molecule has 0 aromatic heterocycles. The summed E-state index contributed by atoms with van der Waals surface area (Å²) in [5, 5.41) is 6.49. The lowest BCUT2D eigenvalue weighted by Gasteiger charge is -2.24. The zero-order valence-electron chi connectivity index (χ0n) is 12.6. The maximum Gasteiger partial charge on any atom is 0.241 e. The van der Waals surface area contributed by atoms with Crippen LogP contribution in [0.5, 0.6) is 5.75 Å². The molecule has 1 saturated carbocycles. The van der Waals surface area contributed by atoms with E-state index >= 15 is 0 Å². The molecule has 1 aromatic carbocycles. The molecule has 2 fully saturated rings. The van der Waals surface area contributed by atoms with Crippen LogP contribution in [0, 0.1) is 5.92 Å². The largest absolute Gasteiger partial charge is 0.495 e. The number of carbonyl (C=O) groups excluding carboxylic acids is 1. The van der Waals surface area contributed by atoms with E-state index < -0.39 is 0 Å². The Hall–Kier alpha value is -0.780. The molecule has 0 spiro atoms. The highest BCUT2D eigenvalue weighted by molar-refractivity contribution is 9.10. The SMILES string of the molecule is COc1cc(NC(=O)C2CC3CCCCC3N2)ccc1Br.Cl. The van der Waals surface area contributed by atoms with Crippen molar-refractivity contribution in [3.05, 3.63) is 22.7 Å². The van der Waals surface area contributed by atoms with Crippen molar-refractivity contribution in [3.63, 3.8) is 0 Å². The lowest BCUT2D eigenvalue weighted by atomic mass is 9.85. The maximum atomic E-state index is 12.4. The summed E-state index contributed by atoms with van der Waals surface area (Å²) in [6.07, 6.45) is 6.02. The number of hydrogen-bond donors (Lipinski definition) is 2. The number of hydrogen-bond acceptors (Lipinski definition) is 3. The van der Waals surface area contributed by atoms with Gasteiger partial charge in [-0.1, -0.05) is 12.8 Å². The molecule has 122 valence electrons. The van der Waals surface area contributed by atoms with E-state index in [0.717, 1.165) is 22.3 Å². The molecule has 3 atom stereocenters. The van der Waals surface area contributed by atoms with E-state index in [4.69, 9.17) is 4.74 Å². The smallest absolute Gasteiger partial charge is 0.241 e. The van der Waals surface area contributed by atoms with E-state index in [1.165, 1.54) is 25.7 Å². The predicted octanol–water partition coefficient (Wildman–Crippen LogP) is 3.74. The van der Waals surface area contributed by atoms with Gasteiger partial charge in [0.05, 0.1) is 17.6 Å². The van der Waals surface area contributed by atoms with Crippen LogP contribution < -0.4 is 15.4 Å². The topological polar surface area (TPSA) is 50.4 Å². The number of anilines is 1. The van der Waals surface area contributed by atoms with Crippen LogP contribution in [0.1, 0.15) is 32.1 Å². The third-order valence-corrected chi connectivity index (χ3v) is 5.25. The molecule has 0 bridgehead atoms. The molecule has 2 aliphatic rings. The molecule has 22 heavy (non-hydrogen) atoms. The number of halogens is 2. The molecule has 1 heterocycles. The summed E-state index contributed by atoms with van der Waals surface area (Å²) >= 11 is 3.41. The van der Waals surface area contributed by atoms with Gasteiger partial charge in [-0.3, -0.25) is 4.79 Å². The number of ether oxygens (including phenoxy) is 1. The molecule has 3 unspecified atom stereocenters. The lowest BCUT2D eigenvalue weighted by molar-refractivity contribution is -0.117. The van der Waals surface area contributed by atoms with Gasteiger partial charge in [-0.2, -0.15) is 0 Å². The molecule has 1 aliphatic heterocycles. The standard InChI is InChI=1S/C16H21BrN2O2.ClH/c1-21-15-9-11(6-7-12(15)17)18-16(20)14-8-10-4-2-3-5-13(10)19-14;/h6-7,9-10,13-14,19H,2-5,8H2,1H3,(H,18,20);1H. The highest BCUT2D eigenvalue weighted by Crippen LogP contribution is 2.34. The van der Waals surface area contributed by atoms with Crippen molar-refractivity contribution < 1.29 is 9.53 Å². The van der Waals surface area contributed by atoms with Gasteiger partial charge in [-0.05, 0) is 53.2 Å². The van der Waals surface area contributed by atoms with Crippen LogP contribution >= 0.6 is 28.3 Å². The molecule has 1 aliphatic carbocycles. The van der Waals surface area contributed by atoms with Gasteiger partial charge in [-0.25, -0.2) is 0 Å². The Bertz CT molecular complexity index is 527. The van der Waals surface area contributed by atoms with E-state index in [1.807, 2.05) is 18.2 Å². The quantitative estimate of drug-likeness (QED) is 0.828. The molecule has 3 rings (SSSR count). The number of amides is 1. The van der Waals surface area contributed by atoms with Crippen LogP contribution in [0.4, 0.5) is 5.69 Å². The summed E-state index contributed by atoms with van der Waals surface area (Å²) in [7, 11) is 1.62. The van der Waals surface area contributed by atoms with Gasteiger partial charge >= 0.3 is 0 Å². The average molecular weight is 390 g/mol. The van der Waals surface area contributed by atoms with Crippen LogP contribution in [-0.4, -0.2) is 25.1 Å². The molecule has 4 nitrogen and oxygen atoms in total. The minimum Gasteiger partial charge on any atom is -0.495 e. The van der Waals surface area contributed by atoms with Crippen LogP contribution in [0.3, 0.4) is 0 Å². The first-order valence-electron chi connectivity index (χ1n) is 7.58. The Morgan fingerprint density at radius 3 is 2.86 bits per heavy atom. The van der Waals surface area contributed by atoms with Gasteiger partial charge in [0, 0.05) is 17.8 Å². The predicted molar refractivity (Wildman–Crippen MR) is 93.9 cm³/mol. The first-order chi connectivity index (χ1) is 10.2. The fourth-order valence-electron chi connectivity index (χ4n) is 3.49. The molecular weight excluding hydrogens is 368 g/mol. The van der Waals surface area contributed by atoms with E-state index in [9.17, 15) is 4.79 Å². The Labute approximate surface area is 145 Å². The van der Waals surface area contributed by atoms with Crippen molar-refractivity contribution in [2.45, 2.75) is 44.2 Å². The van der Waals surface area contributed by atoms with Crippen molar-refractivity contribution in [1.29, 1.82) is 0 Å². The number of rotatable bonds is 3. The minimum atomic E-state index is -0.0623. The van der Waals surface area contributed by atoms with Crippen molar-refractivity contribution in [2.75, 3.05) is 12.4 Å². The summed E-state index contributed by atoms with van der Waals surface area (Å²) in [5.41, 5.74) is 0.775. The van der Waals surface area contributed by atoms with Crippen LogP contribution in [0.2, 0.25) is 0 Å². The second-order valence-electron chi connectivity index (χ2n) is 5.94. The molecule has 6 heteroatoms. The van der Waals surface area contributed by atoms with Crippen molar-refractivity contribution in [3.8, 4) is 5.75 Å². The third-order valence-electron chi connectivity index (χ3n) is 4.60. The van der Waals surface area contributed by atoms with E-state index in [2.05, 4.69) is 26.6 Å². The Kier molecular flexibility index (Phi) is 6.12. The number of benzene rings is 1. The van der Waals surface area contributed by atoms with E-state index in [1.54, 1.807) is 7.11 Å². The molecular formula is C16H22BrClN2O2. The zero-order valence-corrected chi connectivity index (χ0v) is 15.0. The fraction of sp³-hybridized carbons (Fsp3) is 0.562. The first kappa shape index (κ1) is 17.6. The van der Waals surface area contributed by atoms with Gasteiger partial charge in [0.1, 0.15) is 5.75 Å². The normalized spacial score (nSPS) is 26.7. The summed E-state index contributed by atoms with van der Waals surface area (Å²) in [6.45, 7) is 0. The maximum absolute atomic E-state index is 12.4. The Morgan fingerprint density at radius 1 is 1.36 bits per heavy atom. The minimum absolute atomic E-state index is 0. The number of nitrogens with one attached hydrogen (secondary N) is 2. The zero-order chi connectivity index (χ0) is 14.8. The van der Waals surface area contributed by atoms with E-state index in [-0.39, 0.29) is 24.4 Å². The Morgan fingerprint density at radius 2 is 2.14 bits per heavy atom. The highest BCUT2D eigenvalue weighted by Gasteiger charge is 2.38. The van der Waals surface area contributed by atoms with Gasteiger partial charge in [-0.15, -0.1) is 12.4 Å². The number of fused-ring (bicyclic) bond motifs is 1. The average Bonchev–Trinajstić information content (AvgIpc) is 2.93. The van der Waals surface area contributed by atoms with Crippen molar-refractivity contribution >= 4 is 39.9 Å². The van der Waals surface area contributed by atoms with Gasteiger partial charge in [0.15, 0.2) is 0 Å². The monoisotopic (exact) mass is 388 g/mol. The van der Waals surface area contributed by atoms with Crippen LogP contribution in [0.15, 0.2) is 22.7 Å². The van der Waals surface area contributed by atoms with Crippen LogP contribution in [0.25, 0.3) is 0 Å². The summed E-state index contributed by atoms with van der Waals surface area (Å²) < 4.78 is 6.14. The van der Waals surface area contributed by atoms with Crippen LogP contribution in [-0.2, 0) is 4.79 Å². The summed E-state index contributed by atoms with van der Waals surface area (Å²) in [5.74, 6) is 1.46. The highest BCUT2D eigenvalue weighted by atomic mass is 79.9. The first-order valence-corrected chi connectivity index (χ1v) is 8.37. The summed E-state index contributed by atoms with van der Waals surface area (Å²) in [4.78, 5) is 12.4. The molecule has 2 N–H and O–H groups in total. The summed E-state index contributed by atoms with van der Waals surface area (Å²) in [6, 6.07) is 6.08. The Balaban J connectivity index is 0.00000176. The molecule has 0 radical (unpaired) electrons. The van der Waals surface area contributed by atoms with Crippen molar-refractivity contribution in [2.24, 2.45) is 5.92 Å². The second-order valence-corrected chi connectivity index (χ2v) is 6.80.